The standard InChI is InChI=1S/C14H15N3O2S/c1-2-6-12-10(5-1)18-11(8-20-12)13-16-14(19-17-13)9-4-3-7-15-9/h1-2,5-6,9,11,15H,3-4,7-8H2. The van der Waals surface area contributed by atoms with Gasteiger partial charge in [-0.2, -0.15) is 4.98 Å². The first-order valence-electron chi connectivity index (χ1n) is 6.85. The maximum absolute atomic E-state index is 5.97. The summed E-state index contributed by atoms with van der Waals surface area (Å²) in [5, 5.41) is 7.46. The number of fused-ring (bicyclic) bond motifs is 1. The Balaban J connectivity index is 1.54. The molecule has 2 atom stereocenters. The van der Waals surface area contributed by atoms with Crippen LogP contribution in [0, 0.1) is 0 Å². The van der Waals surface area contributed by atoms with Crippen molar-refractivity contribution in [3.05, 3.63) is 36.0 Å². The van der Waals surface area contributed by atoms with Gasteiger partial charge in [0.05, 0.1) is 6.04 Å². The second-order valence-electron chi connectivity index (χ2n) is 5.00. The third-order valence-electron chi connectivity index (χ3n) is 3.61. The molecule has 4 rings (SSSR count). The fraction of sp³-hybridized carbons (Fsp3) is 0.429. The van der Waals surface area contributed by atoms with Crippen molar-refractivity contribution in [2.24, 2.45) is 0 Å². The lowest BCUT2D eigenvalue weighted by molar-refractivity contribution is 0.205. The Morgan fingerprint density at radius 2 is 2.25 bits per heavy atom. The van der Waals surface area contributed by atoms with Crippen LogP contribution < -0.4 is 10.1 Å². The molecule has 104 valence electrons. The Labute approximate surface area is 121 Å². The molecule has 1 N–H and O–H groups in total. The number of para-hydroxylation sites is 1. The third-order valence-corrected chi connectivity index (χ3v) is 4.73. The van der Waals surface area contributed by atoms with Crippen LogP contribution in [0.5, 0.6) is 5.75 Å². The number of hydrogen-bond donors (Lipinski definition) is 1. The molecule has 20 heavy (non-hydrogen) atoms. The number of aromatic nitrogens is 2. The van der Waals surface area contributed by atoms with Gasteiger partial charge < -0.3 is 14.6 Å². The van der Waals surface area contributed by atoms with Gasteiger partial charge in [0.2, 0.25) is 11.7 Å². The summed E-state index contributed by atoms with van der Waals surface area (Å²) in [6.07, 6.45) is 2.09. The summed E-state index contributed by atoms with van der Waals surface area (Å²) in [7, 11) is 0. The topological polar surface area (TPSA) is 60.2 Å². The van der Waals surface area contributed by atoms with Gasteiger partial charge in [0.15, 0.2) is 6.10 Å². The molecular formula is C14H15N3O2S. The molecule has 1 fully saturated rings. The van der Waals surface area contributed by atoms with Gasteiger partial charge >= 0.3 is 0 Å². The molecule has 5 nitrogen and oxygen atoms in total. The van der Waals surface area contributed by atoms with Crippen molar-refractivity contribution < 1.29 is 9.26 Å². The molecular weight excluding hydrogens is 274 g/mol. The number of ether oxygens (including phenoxy) is 1. The van der Waals surface area contributed by atoms with Gasteiger partial charge in [0.1, 0.15) is 5.75 Å². The molecule has 0 radical (unpaired) electrons. The van der Waals surface area contributed by atoms with Crippen molar-refractivity contribution >= 4 is 11.8 Å². The average Bonchev–Trinajstić information content (AvgIpc) is 3.17. The van der Waals surface area contributed by atoms with Gasteiger partial charge in [-0.25, -0.2) is 0 Å². The molecule has 1 aromatic heterocycles. The van der Waals surface area contributed by atoms with E-state index in [0.29, 0.717) is 11.7 Å². The normalized spacial score (nSPS) is 25.2. The summed E-state index contributed by atoms with van der Waals surface area (Å²) in [5.41, 5.74) is 0. The first kappa shape index (κ1) is 12.2. The molecule has 2 unspecified atom stereocenters. The van der Waals surface area contributed by atoms with Crippen molar-refractivity contribution in [2.45, 2.75) is 29.9 Å². The van der Waals surface area contributed by atoms with E-state index in [0.717, 1.165) is 30.9 Å². The first-order chi connectivity index (χ1) is 9.90. The molecule has 0 bridgehead atoms. The molecule has 2 aliphatic heterocycles. The maximum Gasteiger partial charge on any atom is 0.243 e. The van der Waals surface area contributed by atoms with E-state index in [1.165, 1.54) is 4.90 Å². The van der Waals surface area contributed by atoms with Gasteiger partial charge in [0, 0.05) is 10.6 Å². The summed E-state index contributed by atoms with van der Waals surface area (Å²) >= 11 is 1.77. The van der Waals surface area contributed by atoms with Crippen LogP contribution in [0.15, 0.2) is 33.7 Å². The van der Waals surface area contributed by atoms with Crippen LogP contribution in [-0.4, -0.2) is 22.4 Å². The van der Waals surface area contributed by atoms with Crippen molar-refractivity contribution in [1.82, 2.24) is 15.5 Å². The Morgan fingerprint density at radius 1 is 1.30 bits per heavy atom. The molecule has 6 heteroatoms. The minimum absolute atomic E-state index is 0.131. The number of rotatable bonds is 2. The second kappa shape index (κ2) is 5.10. The molecule has 0 aliphatic carbocycles. The first-order valence-corrected chi connectivity index (χ1v) is 7.84. The monoisotopic (exact) mass is 289 g/mol. The van der Waals surface area contributed by atoms with Crippen molar-refractivity contribution in [2.75, 3.05) is 12.3 Å². The molecule has 1 saturated heterocycles. The van der Waals surface area contributed by atoms with Crippen molar-refractivity contribution in [1.29, 1.82) is 0 Å². The van der Waals surface area contributed by atoms with Crippen LogP contribution in [0.3, 0.4) is 0 Å². The summed E-state index contributed by atoms with van der Waals surface area (Å²) < 4.78 is 11.3. The van der Waals surface area contributed by atoms with Gasteiger partial charge in [-0.15, -0.1) is 11.8 Å². The van der Waals surface area contributed by atoms with Crippen molar-refractivity contribution in [3.63, 3.8) is 0 Å². The predicted molar refractivity (Wildman–Crippen MR) is 74.8 cm³/mol. The average molecular weight is 289 g/mol. The second-order valence-corrected chi connectivity index (χ2v) is 6.07. The minimum Gasteiger partial charge on any atom is -0.480 e. The summed E-state index contributed by atoms with van der Waals surface area (Å²) in [4.78, 5) is 5.68. The maximum atomic E-state index is 5.97. The van der Waals surface area contributed by atoms with Gasteiger partial charge in [-0.1, -0.05) is 17.3 Å². The Bertz CT molecular complexity index is 610. The van der Waals surface area contributed by atoms with E-state index in [1.807, 2.05) is 18.2 Å². The van der Waals surface area contributed by atoms with E-state index in [1.54, 1.807) is 11.8 Å². The lowest BCUT2D eigenvalue weighted by Crippen LogP contribution is -2.17. The summed E-state index contributed by atoms with van der Waals surface area (Å²) in [5.74, 6) is 3.05. The predicted octanol–water partition coefficient (Wildman–Crippen LogP) is 2.72. The Hall–Kier alpha value is -1.53. The van der Waals surface area contributed by atoms with Gasteiger partial charge in [-0.05, 0) is 31.5 Å². The Morgan fingerprint density at radius 3 is 3.15 bits per heavy atom. The number of benzene rings is 1. The minimum atomic E-state index is -0.131. The molecule has 0 amide bonds. The van der Waals surface area contributed by atoms with Crippen LogP contribution in [0.1, 0.15) is 36.7 Å². The van der Waals surface area contributed by atoms with Gasteiger partial charge in [0.25, 0.3) is 0 Å². The molecule has 1 aromatic carbocycles. The van der Waals surface area contributed by atoms with Crippen LogP contribution >= 0.6 is 11.8 Å². The molecule has 0 spiro atoms. The van der Waals surface area contributed by atoms with E-state index in [4.69, 9.17) is 9.26 Å². The SMILES string of the molecule is c1ccc2c(c1)OC(c1noc(C3CCCN3)n1)CS2. The summed E-state index contributed by atoms with van der Waals surface area (Å²) in [6.45, 7) is 1.02. The quantitative estimate of drug-likeness (QED) is 0.917. The smallest absolute Gasteiger partial charge is 0.243 e. The highest BCUT2D eigenvalue weighted by atomic mass is 32.2. The van der Waals surface area contributed by atoms with E-state index in [9.17, 15) is 0 Å². The lowest BCUT2D eigenvalue weighted by atomic mass is 10.2. The van der Waals surface area contributed by atoms with E-state index >= 15 is 0 Å². The number of nitrogens with one attached hydrogen (secondary N) is 1. The van der Waals surface area contributed by atoms with Crippen LogP contribution in [0.4, 0.5) is 0 Å². The molecule has 3 heterocycles. The van der Waals surface area contributed by atoms with Gasteiger partial charge in [-0.3, -0.25) is 0 Å². The number of hydrogen-bond acceptors (Lipinski definition) is 6. The fourth-order valence-corrected chi connectivity index (χ4v) is 3.54. The van der Waals surface area contributed by atoms with Crippen molar-refractivity contribution in [3.8, 4) is 5.75 Å². The largest absolute Gasteiger partial charge is 0.480 e. The number of nitrogens with zero attached hydrogens (tertiary/aromatic N) is 2. The highest BCUT2D eigenvalue weighted by molar-refractivity contribution is 7.99. The van der Waals surface area contributed by atoms with Crippen LogP contribution in [0.2, 0.25) is 0 Å². The highest BCUT2D eigenvalue weighted by Crippen LogP contribution is 2.39. The Kier molecular flexibility index (Phi) is 3.12. The van der Waals surface area contributed by atoms with E-state index in [-0.39, 0.29) is 12.1 Å². The fourth-order valence-electron chi connectivity index (χ4n) is 2.56. The third kappa shape index (κ3) is 2.19. The zero-order chi connectivity index (χ0) is 13.4. The van der Waals surface area contributed by atoms with Crippen LogP contribution in [-0.2, 0) is 0 Å². The van der Waals surface area contributed by atoms with Crippen LogP contribution in [0.25, 0.3) is 0 Å². The zero-order valence-corrected chi connectivity index (χ0v) is 11.7. The van der Waals surface area contributed by atoms with E-state index in [2.05, 4.69) is 21.5 Å². The summed E-state index contributed by atoms with van der Waals surface area (Å²) in [6, 6.07) is 8.26. The highest BCUT2D eigenvalue weighted by Gasteiger charge is 2.28. The lowest BCUT2D eigenvalue weighted by Gasteiger charge is -2.22. The molecule has 0 saturated carbocycles. The number of thioether (sulfide) groups is 1. The molecule has 2 aliphatic rings. The molecule has 2 aromatic rings. The zero-order valence-electron chi connectivity index (χ0n) is 10.9. The van der Waals surface area contributed by atoms with E-state index < -0.39 is 0 Å².